The van der Waals surface area contributed by atoms with Crippen molar-refractivity contribution in [2.75, 3.05) is 5.32 Å². The fraction of sp³-hybridized carbons (Fsp3) is 0.200. The number of pyridine rings is 1. The van der Waals surface area contributed by atoms with Gasteiger partial charge in [0.15, 0.2) is 0 Å². The minimum absolute atomic E-state index is 0.117. The van der Waals surface area contributed by atoms with Gasteiger partial charge in [-0.25, -0.2) is 0 Å². The fourth-order valence-corrected chi connectivity index (χ4v) is 1.95. The average Bonchev–Trinajstić information content (AvgIpc) is 2.48. The minimum Gasteiger partial charge on any atom is -0.320 e. The summed E-state index contributed by atoms with van der Waals surface area (Å²) < 4.78 is 0. The van der Waals surface area contributed by atoms with E-state index < -0.39 is 4.92 Å². The molecule has 0 bridgehead atoms. The Hall–Kier alpha value is -2.76. The summed E-state index contributed by atoms with van der Waals surface area (Å²) in [6, 6.07) is 8.30. The first-order chi connectivity index (χ1) is 10.1. The molecule has 0 aliphatic rings. The van der Waals surface area contributed by atoms with Crippen molar-refractivity contribution < 1.29 is 9.72 Å². The number of rotatable bonds is 5. The number of aromatic nitrogens is 1. The van der Waals surface area contributed by atoms with Crippen LogP contribution in [0, 0.1) is 10.1 Å². The third kappa shape index (κ3) is 3.62. The van der Waals surface area contributed by atoms with Crippen molar-refractivity contribution in [1.29, 1.82) is 0 Å². The van der Waals surface area contributed by atoms with Crippen LogP contribution in [0.25, 0.3) is 11.1 Å². The molecule has 1 aromatic heterocycles. The van der Waals surface area contributed by atoms with Gasteiger partial charge in [0, 0.05) is 24.9 Å². The number of benzene rings is 1. The number of nitrogens with one attached hydrogen (secondary N) is 1. The predicted molar refractivity (Wildman–Crippen MR) is 79.9 cm³/mol. The summed E-state index contributed by atoms with van der Waals surface area (Å²) in [5, 5.41) is 13.8. The van der Waals surface area contributed by atoms with E-state index >= 15 is 0 Å². The van der Waals surface area contributed by atoms with Crippen molar-refractivity contribution >= 4 is 17.3 Å². The second-order valence-electron chi connectivity index (χ2n) is 4.52. The zero-order valence-electron chi connectivity index (χ0n) is 11.6. The van der Waals surface area contributed by atoms with Crippen LogP contribution in [0.5, 0.6) is 0 Å². The van der Waals surface area contributed by atoms with E-state index in [1.807, 2.05) is 6.92 Å². The van der Waals surface area contributed by atoms with Gasteiger partial charge in [-0.3, -0.25) is 19.9 Å². The molecule has 0 atom stereocenters. The Kier molecular flexibility index (Phi) is 4.61. The number of nitrogens with zero attached hydrogens (tertiary/aromatic N) is 2. The highest BCUT2D eigenvalue weighted by molar-refractivity contribution is 5.93. The molecular weight excluding hydrogens is 270 g/mol. The van der Waals surface area contributed by atoms with Gasteiger partial charge in [-0.1, -0.05) is 13.0 Å². The Labute approximate surface area is 122 Å². The maximum absolute atomic E-state index is 11.6. The van der Waals surface area contributed by atoms with Gasteiger partial charge in [0.25, 0.3) is 5.69 Å². The van der Waals surface area contributed by atoms with Crippen LogP contribution in [0.1, 0.15) is 19.8 Å². The number of nitro benzene ring substituents is 1. The Bertz CT molecular complexity index is 656. The van der Waals surface area contributed by atoms with Crippen LogP contribution in [0.15, 0.2) is 42.7 Å². The Balaban J connectivity index is 2.36. The second-order valence-corrected chi connectivity index (χ2v) is 4.52. The highest BCUT2D eigenvalue weighted by Crippen LogP contribution is 2.30. The van der Waals surface area contributed by atoms with Gasteiger partial charge in [0.2, 0.25) is 5.91 Å². The second kappa shape index (κ2) is 6.60. The highest BCUT2D eigenvalue weighted by Gasteiger charge is 2.17. The predicted octanol–water partition coefficient (Wildman–Crippen LogP) is 3.40. The van der Waals surface area contributed by atoms with Crippen LogP contribution >= 0.6 is 0 Å². The van der Waals surface area contributed by atoms with Gasteiger partial charge < -0.3 is 5.32 Å². The molecular formula is C15H15N3O3. The molecule has 1 N–H and O–H groups in total. The van der Waals surface area contributed by atoms with Crippen molar-refractivity contribution in [3.63, 3.8) is 0 Å². The van der Waals surface area contributed by atoms with Gasteiger partial charge in [-0.2, -0.15) is 0 Å². The standard InChI is InChI=1S/C15H15N3O3/c1-2-3-15(19)17-13-5-4-12(10-14(13)18(20)21)11-6-8-16-9-7-11/h4-10H,2-3H2,1H3,(H,17,19). The quantitative estimate of drug-likeness (QED) is 0.674. The molecule has 1 aromatic carbocycles. The third-order valence-electron chi connectivity index (χ3n) is 2.96. The molecule has 0 fully saturated rings. The zero-order valence-corrected chi connectivity index (χ0v) is 11.6. The molecule has 1 amide bonds. The summed E-state index contributed by atoms with van der Waals surface area (Å²) in [4.78, 5) is 26.2. The molecule has 0 aliphatic carbocycles. The first-order valence-electron chi connectivity index (χ1n) is 6.60. The Morgan fingerprint density at radius 3 is 2.57 bits per heavy atom. The van der Waals surface area contributed by atoms with Gasteiger partial charge in [0.05, 0.1) is 4.92 Å². The van der Waals surface area contributed by atoms with E-state index in [1.165, 1.54) is 6.07 Å². The largest absolute Gasteiger partial charge is 0.320 e. The lowest BCUT2D eigenvalue weighted by Crippen LogP contribution is -2.12. The van der Waals surface area contributed by atoms with Gasteiger partial charge in [-0.15, -0.1) is 0 Å². The summed E-state index contributed by atoms with van der Waals surface area (Å²) in [5.41, 5.74) is 1.64. The molecule has 2 aromatic rings. The number of amides is 1. The van der Waals surface area contributed by atoms with Crippen molar-refractivity contribution in [3.05, 3.63) is 52.8 Å². The number of carbonyl (C=O) groups excluding carboxylic acids is 1. The summed E-state index contributed by atoms with van der Waals surface area (Å²) in [6.07, 6.45) is 4.27. The summed E-state index contributed by atoms with van der Waals surface area (Å²) in [5.74, 6) is -0.225. The van der Waals surface area contributed by atoms with Gasteiger partial charge in [-0.05, 0) is 35.7 Å². The number of hydrogen-bond donors (Lipinski definition) is 1. The molecule has 0 radical (unpaired) electrons. The smallest absolute Gasteiger partial charge is 0.293 e. The highest BCUT2D eigenvalue weighted by atomic mass is 16.6. The average molecular weight is 285 g/mol. The number of nitro groups is 1. The molecule has 0 unspecified atom stereocenters. The van der Waals surface area contributed by atoms with Crippen molar-refractivity contribution in [2.24, 2.45) is 0 Å². The van der Waals surface area contributed by atoms with Crippen molar-refractivity contribution in [1.82, 2.24) is 4.98 Å². The zero-order chi connectivity index (χ0) is 15.2. The van der Waals surface area contributed by atoms with Crippen LogP contribution in [0.2, 0.25) is 0 Å². The molecule has 0 saturated heterocycles. The van der Waals surface area contributed by atoms with E-state index in [0.29, 0.717) is 18.4 Å². The monoisotopic (exact) mass is 285 g/mol. The molecule has 6 nitrogen and oxygen atoms in total. The normalized spacial score (nSPS) is 10.1. The fourth-order valence-electron chi connectivity index (χ4n) is 1.95. The van der Waals surface area contributed by atoms with Crippen LogP contribution in [0.4, 0.5) is 11.4 Å². The molecule has 0 saturated carbocycles. The van der Waals surface area contributed by atoms with Crippen LogP contribution in [0.3, 0.4) is 0 Å². The summed E-state index contributed by atoms with van der Waals surface area (Å²) >= 11 is 0. The molecule has 0 spiro atoms. The lowest BCUT2D eigenvalue weighted by atomic mass is 10.1. The summed E-state index contributed by atoms with van der Waals surface area (Å²) in [7, 11) is 0. The third-order valence-corrected chi connectivity index (χ3v) is 2.96. The molecule has 21 heavy (non-hydrogen) atoms. The van der Waals surface area contributed by atoms with E-state index in [4.69, 9.17) is 0 Å². The van der Waals surface area contributed by atoms with Crippen LogP contribution in [-0.2, 0) is 4.79 Å². The SMILES string of the molecule is CCCC(=O)Nc1ccc(-c2ccncc2)cc1[N+](=O)[O-]. The van der Waals surface area contributed by atoms with E-state index in [-0.39, 0.29) is 17.3 Å². The van der Waals surface area contributed by atoms with Gasteiger partial charge in [0.1, 0.15) is 5.69 Å². The molecule has 0 aliphatic heterocycles. The first-order valence-corrected chi connectivity index (χ1v) is 6.60. The van der Waals surface area contributed by atoms with E-state index in [1.54, 1.807) is 36.7 Å². The van der Waals surface area contributed by atoms with Crippen molar-refractivity contribution in [2.45, 2.75) is 19.8 Å². The Morgan fingerprint density at radius 2 is 1.95 bits per heavy atom. The van der Waals surface area contributed by atoms with Crippen LogP contribution in [-0.4, -0.2) is 15.8 Å². The maximum atomic E-state index is 11.6. The van der Waals surface area contributed by atoms with Crippen LogP contribution < -0.4 is 5.32 Å². The van der Waals surface area contributed by atoms with Gasteiger partial charge >= 0.3 is 0 Å². The maximum Gasteiger partial charge on any atom is 0.293 e. The molecule has 1 heterocycles. The summed E-state index contributed by atoms with van der Waals surface area (Å²) in [6.45, 7) is 1.88. The first kappa shape index (κ1) is 14.6. The lowest BCUT2D eigenvalue weighted by Gasteiger charge is -2.07. The molecule has 2 rings (SSSR count). The number of carbonyl (C=O) groups is 1. The Morgan fingerprint density at radius 1 is 1.24 bits per heavy atom. The van der Waals surface area contributed by atoms with E-state index in [2.05, 4.69) is 10.3 Å². The van der Waals surface area contributed by atoms with E-state index in [0.717, 1.165) is 5.56 Å². The number of hydrogen-bond acceptors (Lipinski definition) is 4. The van der Waals surface area contributed by atoms with Crippen molar-refractivity contribution in [3.8, 4) is 11.1 Å². The topological polar surface area (TPSA) is 85.1 Å². The molecule has 6 heteroatoms. The number of anilines is 1. The molecule has 108 valence electrons. The lowest BCUT2D eigenvalue weighted by molar-refractivity contribution is -0.383. The van der Waals surface area contributed by atoms with E-state index in [9.17, 15) is 14.9 Å². The minimum atomic E-state index is -0.494.